The molecule has 4 heteroatoms. The van der Waals surface area contributed by atoms with E-state index in [1.165, 1.54) is 62.6 Å². The predicted octanol–water partition coefficient (Wildman–Crippen LogP) is 4.06. The molecule has 0 radical (unpaired) electrons. The average molecular weight is 262 g/mol. The van der Waals surface area contributed by atoms with E-state index < -0.39 is 6.16 Å². The summed E-state index contributed by atoms with van der Waals surface area (Å²) in [6.45, 7) is 11.0. The van der Waals surface area contributed by atoms with Crippen molar-refractivity contribution < 1.29 is 19.5 Å². The summed E-state index contributed by atoms with van der Waals surface area (Å²) in [5, 5.41) is 13.9. The van der Waals surface area contributed by atoms with E-state index in [-0.39, 0.29) is 0 Å². The minimum atomic E-state index is -1.83. The Morgan fingerprint density at radius 2 is 1.06 bits per heavy atom. The highest BCUT2D eigenvalue weighted by Crippen LogP contribution is 2.10. The molecule has 0 aliphatic rings. The number of carboxylic acid groups (broad SMARTS) is 2. The monoisotopic (exact) mass is 262 g/mol. The molecule has 0 atom stereocenters. The average Bonchev–Trinajstić information content (AvgIpc) is 2.31. The lowest BCUT2D eigenvalue weighted by Gasteiger charge is -2.34. The third kappa shape index (κ3) is 15.2. The van der Waals surface area contributed by atoms with Crippen LogP contribution in [-0.2, 0) is 0 Å². The summed E-state index contributed by atoms with van der Waals surface area (Å²) >= 11 is 0. The molecule has 0 rings (SSSR count). The second kappa shape index (κ2) is 12.7. The number of hydrogen-bond donors (Lipinski definition) is 2. The van der Waals surface area contributed by atoms with Crippen molar-refractivity contribution in [1.29, 1.82) is 0 Å². The molecular formula is C14H32NO3+. The Morgan fingerprint density at radius 3 is 1.22 bits per heavy atom. The molecule has 4 nitrogen and oxygen atoms in total. The molecule has 0 amide bonds. The predicted molar refractivity (Wildman–Crippen MR) is 76.2 cm³/mol. The number of unbranched alkanes of at least 4 members (excludes halogenated alkanes) is 3. The first-order chi connectivity index (χ1) is 8.41. The van der Waals surface area contributed by atoms with Crippen LogP contribution in [0.25, 0.3) is 0 Å². The van der Waals surface area contributed by atoms with E-state index in [2.05, 4.69) is 27.8 Å². The van der Waals surface area contributed by atoms with Crippen molar-refractivity contribution in [3.05, 3.63) is 0 Å². The number of rotatable bonds is 9. The van der Waals surface area contributed by atoms with Crippen LogP contribution in [0.3, 0.4) is 0 Å². The molecule has 0 aliphatic carbocycles. The van der Waals surface area contributed by atoms with Gasteiger partial charge in [-0.25, -0.2) is 4.79 Å². The van der Waals surface area contributed by atoms with Gasteiger partial charge in [0.1, 0.15) is 0 Å². The third-order valence-electron chi connectivity index (χ3n) is 3.15. The molecule has 0 spiro atoms. The van der Waals surface area contributed by atoms with Crippen molar-refractivity contribution in [2.24, 2.45) is 0 Å². The lowest BCUT2D eigenvalue weighted by atomic mass is 10.2. The third-order valence-corrected chi connectivity index (χ3v) is 3.15. The van der Waals surface area contributed by atoms with Crippen LogP contribution in [0.1, 0.15) is 59.3 Å². The summed E-state index contributed by atoms with van der Waals surface area (Å²) in [4.78, 5) is 8.56. The van der Waals surface area contributed by atoms with Crippen LogP contribution in [-0.4, -0.2) is 47.5 Å². The summed E-state index contributed by atoms with van der Waals surface area (Å²) in [5.74, 6) is 0. The zero-order valence-electron chi connectivity index (χ0n) is 12.6. The second-order valence-corrected chi connectivity index (χ2v) is 5.13. The Labute approximate surface area is 112 Å². The first-order valence-corrected chi connectivity index (χ1v) is 7.17. The summed E-state index contributed by atoms with van der Waals surface area (Å²) in [7, 11) is 2.45. The molecule has 0 unspecified atom stereocenters. The Kier molecular flexibility index (Phi) is 13.8. The van der Waals surface area contributed by atoms with Crippen molar-refractivity contribution in [2.45, 2.75) is 59.3 Å². The summed E-state index contributed by atoms with van der Waals surface area (Å²) in [6.07, 6.45) is 6.36. The van der Waals surface area contributed by atoms with E-state index in [4.69, 9.17) is 15.0 Å². The Morgan fingerprint density at radius 1 is 0.833 bits per heavy atom. The Bertz CT molecular complexity index is 170. The van der Waals surface area contributed by atoms with Gasteiger partial charge in [0.15, 0.2) is 0 Å². The van der Waals surface area contributed by atoms with Crippen LogP contribution in [0.15, 0.2) is 0 Å². The van der Waals surface area contributed by atoms with E-state index in [1.54, 1.807) is 0 Å². The van der Waals surface area contributed by atoms with Crippen LogP contribution >= 0.6 is 0 Å². The summed E-state index contributed by atoms with van der Waals surface area (Å²) in [6, 6.07) is 0. The second-order valence-electron chi connectivity index (χ2n) is 5.13. The molecule has 2 N–H and O–H groups in total. The number of hydrogen-bond acceptors (Lipinski definition) is 1. The molecule has 110 valence electrons. The van der Waals surface area contributed by atoms with E-state index in [0.717, 1.165) is 0 Å². The van der Waals surface area contributed by atoms with Gasteiger partial charge in [-0.3, -0.25) is 0 Å². The molecule has 0 aliphatic heterocycles. The number of quaternary nitrogens is 1. The van der Waals surface area contributed by atoms with E-state index in [0.29, 0.717) is 0 Å². The van der Waals surface area contributed by atoms with Gasteiger partial charge in [0.05, 0.1) is 26.7 Å². The lowest BCUT2D eigenvalue weighted by Crippen LogP contribution is -2.46. The van der Waals surface area contributed by atoms with Crippen LogP contribution in [0.4, 0.5) is 4.79 Å². The maximum absolute atomic E-state index is 8.56. The maximum Gasteiger partial charge on any atom is 0.503 e. The molecule has 0 aromatic carbocycles. The van der Waals surface area contributed by atoms with Gasteiger partial charge in [-0.1, -0.05) is 40.0 Å². The van der Waals surface area contributed by atoms with Gasteiger partial charge in [0, 0.05) is 0 Å². The van der Waals surface area contributed by atoms with Crippen LogP contribution in [0, 0.1) is 0 Å². The zero-order chi connectivity index (χ0) is 14.4. The molecule has 0 bridgehead atoms. The molecular weight excluding hydrogens is 230 g/mol. The quantitative estimate of drug-likeness (QED) is 0.616. The van der Waals surface area contributed by atoms with Crippen molar-refractivity contribution in [2.75, 3.05) is 26.7 Å². The fourth-order valence-corrected chi connectivity index (χ4v) is 1.95. The van der Waals surface area contributed by atoms with Gasteiger partial charge in [0.25, 0.3) is 0 Å². The van der Waals surface area contributed by atoms with E-state index >= 15 is 0 Å². The fourth-order valence-electron chi connectivity index (χ4n) is 1.95. The summed E-state index contributed by atoms with van der Waals surface area (Å²) < 4.78 is 1.32. The molecule has 0 saturated carbocycles. The molecule has 18 heavy (non-hydrogen) atoms. The largest absolute Gasteiger partial charge is 0.503 e. The SMILES string of the molecule is CCCC[N+](C)(CCCC)CCCC.O=C(O)O. The van der Waals surface area contributed by atoms with Gasteiger partial charge < -0.3 is 14.7 Å². The standard InChI is InChI=1S/C13H30N.CH2O3/c1-5-8-11-14(4,12-9-6-2)13-10-7-3;2-1(3)4/h5-13H2,1-4H3;(H2,2,3,4)/q+1;. The number of nitrogens with zero attached hydrogens (tertiary/aromatic N) is 1. The van der Waals surface area contributed by atoms with Crippen molar-refractivity contribution in [1.82, 2.24) is 0 Å². The molecule has 0 aromatic heterocycles. The van der Waals surface area contributed by atoms with Gasteiger partial charge in [0.2, 0.25) is 0 Å². The van der Waals surface area contributed by atoms with Crippen molar-refractivity contribution >= 4 is 6.16 Å². The Hall–Kier alpha value is -0.770. The van der Waals surface area contributed by atoms with Crippen LogP contribution in [0.2, 0.25) is 0 Å². The smallest absolute Gasteiger partial charge is 0.450 e. The van der Waals surface area contributed by atoms with Crippen molar-refractivity contribution in [3.63, 3.8) is 0 Å². The minimum Gasteiger partial charge on any atom is -0.450 e. The highest BCUT2D eigenvalue weighted by molar-refractivity contribution is 5.53. The topological polar surface area (TPSA) is 57.5 Å². The first kappa shape index (κ1) is 19.6. The van der Waals surface area contributed by atoms with Gasteiger partial charge in [-0.15, -0.1) is 0 Å². The van der Waals surface area contributed by atoms with Crippen LogP contribution in [0.5, 0.6) is 0 Å². The van der Waals surface area contributed by atoms with Crippen LogP contribution < -0.4 is 0 Å². The first-order valence-electron chi connectivity index (χ1n) is 7.17. The maximum atomic E-state index is 8.56. The lowest BCUT2D eigenvalue weighted by molar-refractivity contribution is -0.910. The molecule has 0 saturated heterocycles. The molecule has 0 fully saturated rings. The normalized spacial score (nSPS) is 10.7. The Balaban J connectivity index is 0. The minimum absolute atomic E-state index is 1.32. The molecule has 0 aromatic rings. The van der Waals surface area contributed by atoms with E-state index in [9.17, 15) is 0 Å². The highest BCUT2D eigenvalue weighted by atomic mass is 16.6. The van der Waals surface area contributed by atoms with Crippen molar-refractivity contribution in [3.8, 4) is 0 Å². The summed E-state index contributed by atoms with van der Waals surface area (Å²) in [5.41, 5.74) is 0. The van der Waals surface area contributed by atoms with Gasteiger partial charge in [-0.05, 0) is 19.3 Å². The highest BCUT2D eigenvalue weighted by Gasteiger charge is 2.18. The number of carbonyl (C=O) groups is 1. The fraction of sp³-hybridized carbons (Fsp3) is 0.929. The zero-order valence-corrected chi connectivity index (χ0v) is 12.6. The van der Waals surface area contributed by atoms with Gasteiger partial charge in [-0.2, -0.15) is 0 Å². The van der Waals surface area contributed by atoms with Gasteiger partial charge >= 0.3 is 6.16 Å². The molecule has 0 heterocycles. The van der Waals surface area contributed by atoms with E-state index in [1.807, 2.05) is 0 Å².